The van der Waals surface area contributed by atoms with Gasteiger partial charge in [-0.3, -0.25) is 0 Å². The maximum Gasteiger partial charge on any atom is 0.185 e. The number of hydrogen-bond acceptors (Lipinski definition) is 4. The van der Waals surface area contributed by atoms with E-state index < -0.39 is 0 Å². The highest BCUT2D eigenvalue weighted by Gasteiger charge is 2.13. The van der Waals surface area contributed by atoms with Gasteiger partial charge in [0.1, 0.15) is 5.82 Å². The zero-order valence-electron chi connectivity index (χ0n) is 10.3. The predicted octanol–water partition coefficient (Wildman–Crippen LogP) is 2.25. The molecular formula is C12H16FN5. The Morgan fingerprint density at radius 2 is 2.17 bits per heavy atom. The van der Waals surface area contributed by atoms with E-state index in [1.165, 1.54) is 12.1 Å². The third kappa shape index (κ3) is 2.64. The summed E-state index contributed by atoms with van der Waals surface area (Å²) in [6.07, 6.45) is 3.18. The van der Waals surface area contributed by atoms with Crippen molar-refractivity contribution in [3.63, 3.8) is 0 Å². The molecule has 96 valence electrons. The highest BCUT2D eigenvalue weighted by molar-refractivity contribution is 5.61. The van der Waals surface area contributed by atoms with E-state index in [9.17, 15) is 4.39 Å². The molecule has 0 fully saturated rings. The zero-order valence-corrected chi connectivity index (χ0v) is 10.3. The Morgan fingerprint density at radius 1 is 1.33 bits per heavy atom. The summed E-state index contributed by atoms with van der Waals surface area (Å²) < 4.78 is 15.4. The first-order valence-electron chi connectivity index (χ1n) is 6.04. The first-order valence-corrected chi connectivity index (χ1v) is 6.04. The minimum Gasteiger partial charge on any atom is -0.399 e. The van der Waals surface area contributed by atoms with Gasteiger partial charge in [0.2, 0.25) is 0 Å². The molecule has 0 aliphatic rings. The van der Waals surface area contributed by atoms with Gasteiger partial charge in [-0.25, -0.2) is 9.07 Å². The van der Waals surface area contributed by atoms with E-state index >= 15 is 0 Å². The quantitative estimate of drug-likeness (QED) is 0.651. The van der Waals surface area contributed by atoms with Crippen LogP contribution in [0.25, 0.3) is 11.4 Å². The van der Waals surface area contributed by atoms with Crippen LogP contribution in [-0.4, -0.2) is 20.2 Å². The van der Waals surface area contributed by atoms with Crippen molar-refractivity contribution < 1.29 is 4.39 Å². The van der Waals surface area contributed by atoms with Crippen LogP contribution in [0.15, 0.2) is 18.2 Å². The standard InChI is InChI=1S/C12H16FN5/c1-2-3-4-7-18-12(15-16-17-18)10-8-9(14)5-6-11(10)13/h5-6,8H,2-4,7,14H2,1H3. The van der Waals surface area contributed by atoms with Gasteiger partial charge in [-0.05, 0) is 35.0 Å². The Balaban J connectivity index is 2.27. The fraction of sp³-hybridized carbons (Fsp3) is 0.417. The molecule has 0 atom stereocenters. The highest BCUT2D eigenvalue weighted by Crippen LogP contribution is 2.22. The van der Waals surface area contributed by atoms with Gasteiger partial charge in [0.25, 0.3) is 0 Å². The molecule has 0 saturated heterocycles. The van der Waals surface area contributed by atoms with E-state index in [4.69, 9.17) is 5.73 Å². The fourth-order valence-corrected chi connectivity index (χ4v) is 1.77. The SMILES string of the molecule is CCCCCn1nnnc1-c1cc(N)ccc1F. The van der Waals surface area contributed by atoms with Gasteiger partial charge in [-0.2, -0.15) is 0 Å². The lowest BCUT2D eigenvalue weighted by Gasteiger charge is -2.05. The monoisotopic (exact) mass is 249 g/mol. The smallest absolute Gasteiger partial charge is 0.185 e. The maximum absolute atomic E-state index is 13.7. The average Bonchev–Trinajstić information content (AvgIpc) is 2.81. The van der Waals surface area contributed by atoms with Crippen molar-refractivity contribution in [2.75, 3.05) is 5.73 Å². The number of benzene rings is 1. The Bertz CT molecular complexity index is 523. The minimum absolute atomic E-state index is 0.344. The minimum atomic E-state index is -0.365. The number of unbranched alkanes of at least 4 members (excludes halogenated alkanes) is 2. The molecule has 1 aromatic heterocycles. The number of nitrogen functional groups attached to an aromatic ring is 1. The predicted molar refractivity (Wildman–Crippen MR) is 67.1 cm³/mol. The number of rotatable bonds is 5. The lowest BCUT2D eigenvalue weighted by atomic mass is 10.1. The zero-order chi connectivity index (χ0) is 13.0. The van der Waals surface area contributed by atoms with Gasteiger partial charge < -0.3 is 5.73 Å². The van der Waals surface area contributed by atoms with E-state index in [2.05, 4.69) is 22.4 Å². The summed E-state index contributed by atoms with van der Waals surface area (Å²) in [6.45, 7) is 2.81. The van der Waals surface area contributed by atoms with E-state index in [0.717, 1.165) is 19.3 Å². The van der Waals surface area contributed by atoms with Crippen LogP contribution in [0.1, 0.15) is 26.2 Å². The molecule has 0 amide bonds. The summed E-state index contributed by atoms with van der Waals surface area (Å²) in [5.41, 5.74) is 6.50. The Morgan fingerprint density at radius 3 is 2.94 bits per heavy atom. The molecule has 0 bridgehead atoms. The maximum atomic E-state index is 13.7. The summed E-state index contributed by atoms with van der Waals surface area (Å²) in [4.78, 5) is 0. The van der Waals surface area contributed by atoms with Gasteiger partial charge >= 0.3 is 0 Å². The molecule has 2 N–H and O–H groups in total. The van der Waals surface area contributed by atoms with Crippen molar-refractivity contribution in [2.24, 2.45) is 0 Å². The molecule has 0 aliphatic heterocycles. The number of hydrogen-bond donors (Lipinski definition) is 1. The van der Waals surface area contributed by atoms with Crippen molar-refractivity contribution in [2.45, 2.75) is 32.7 Å². The van der Waals surface area contributed by atoms with Crippen molar-refractivity contribution in [3.8, 4) is 11.4 Å². The van der Waals surface area contributed by atoms with Crippen molar-refractivity contribution in [1.82, 2.24) is 20.2 Å². The first kappa shape index (κ1) is 12.5. The third-order valence-electron chi connectivity index (χ3n) is 2.74. The molecule has 2 rings (SSSR count). The summed E-state index contributed by atoms with van der Waals surface area (Å²) in [5, 5.41) is 11.4. The van der Waals surface area contributed by atoms with E-state index in [-0.39, 0.29) is 5.82 Å². The molecule has 1 aromatic carbocycles. The number of nitrogens with two attached hydrogens (primary N) is 1. The van der Waals surface area contributed by atoms with Crippen LogP contribution < -0.4 is 5.73 Å². The van der Waals surface area contributed by atoms with Crippen molar-refractivity contribution >= 4 is 5.69 Å². The van der Waals surface area contributed by atoms with Crippen LogP contribution in [-0.2, 0) is 6.54 Å². The van der Waals surface area contributed by atoms with Gasteiger partial charge in [-0.1, -0.05) is 19.8 Å². The number of aromatic nitrogens is 4. The van der Waals surface area contributed by atoms with Crippen molar-refractivity contribution in [1.29, 1.82) is 0 Å². The normalized spacial score (nSPS) is 10.8. The first-order chi connectivity index (χ1) is 8.72. The van der Waals surface area contributed by atoms with Crippen LogP contribution in [0.4, 0.5) is 10.1 Å². The number of anilines is 1. The molecule has 0 unspecified atom stereocenters. The van der Waals surface area contributed by atoms with Gasteiger partial charge in [0, 0.05) is 12.2 Å². The summed E-state index contributed by atoms with van der Waals surface area (Å²) in [7, 11) is 0. The van der Waals surface area contributed by atoms with Gasteiger partial charge in [0.05, 0.1) is 5.56 Å². The van der Waals surface area contributed by atoms with Crippen LogP contribution in [0.3, 0.4) is 0 Å². The molecule has 0 spiro atoms. The number of halogens is 1. The van der Waals surface area contributed by atoms with Gasteiger partial charge in [0.15, 0.2) is 5.82 Å². The number of tetrazole rings is 1. The van der Waals surface area contributed by atoms with Crippen LogP contribution in [0.5, 0.6) is 0 Å². The fourth-order valence-electron chi connectivity index (χ4n) is 1.77. The second-order valence-electron chi connectivity index (χ2n) is 4.17. The summed E-state index contributed by atoms with van der Waals surface area (Å²) >= 11 is 0. The molecule has 18 heavy (non-hydrogen) atoms. The topological polar surface area (TPSA) is 69.6 Å². The Kier molecular flexibility index (Phi) is 3.86. The largest absolute Gasteiger partial charge is 0.399 e. The highest BCUT2D eigenvalue weighted by atomic mass is 19.1. The third-order valence-corrected chi connectivity index (χ3v) is 2.74. The second-order valence-corrected chi connectivity index (χ2v) is 4.17. The molecule has 0 saturated carbocycles. The van der Waals surface area contributed by atoms with Crippen LogP contribution in [0, 0.1) is 5.82 Å². The summed E-state index contributed by atoms with van der Waals surface area (Å²) in [5.74, 6) is 0.0617. The molecule has 0 radical (unpaired) electrons. The Labute approximate surface area is 105 Å². The molecule has 0 aliphatic carbocycles. The number of nitrogens with zero attached hydrogens (tertiary/aromatic N) is 4. The lowest BCUT2D eigenvalue weighted by Crippen LogP contribution is -2.04. The van der Waals surface area contributed by atoms with E-state index in [1.807, 2.05) is 0 Å². The molecular weight excluding hydrogens is 233 g/mol. The number of aryl methyl sites for hydroxylation is 1. The molecule has 6 heteroatoms. The van der Waals surface area contributed by atoms with Crippen LogP contribution >= 0.6 is 0 Å². The summed E-state index contributed by atoms with van der Waals surface area (Å²) in [6, 6.07) is 4.40. The van der Waals surface area contributed by atoms with E-state index in [0.29, 0.717) is 23.6 Å². The van der Waals surface area contributed by atoms with Crippen LogP contribution in [0.2, 0.25) is 0 Å². The lowest BCUT2D eigenvalue weighted by molar-refractivity contribution is 0.539. The van der Waals surface area contributed by atoms with E-state index in [1.54, 1.807) is 10.7 Å². The average molecular weight is 249 g/mol. The Hall–Kier alpha value is -1.98. The second kappa shape index (κ2) is 5.57. The van der Waals surface area contributed by atoms with Gasteiger partial charge in [-0.15, -0.1) is 5.10 Å². The molecule has 2 aromatic rings. The molecule has 5 nitrogen and oxygen atoms in total. The van der Waals surface area contributed by atoms with Crippen molar-refractivity contribution in [3.05, 3.63) is 24.0 Å². The molecule has 1 heterocycles.